The zero-order valence-corrected chi connectivity index (χ0v) is 13.2. The van der Waals surface area contributed by atoms with Crippen molar-refractivity contribution >= 4 is 10.1 Å². The zero-order chi connectivity index (χ0) is 15.0. The Morgan fingerprint density at radius 1 is 1.35 bits per heavy atom. The Morgan fingerprint density at radius 3 is 2.60 bits per heavy atom. The molecule has 0 aromatic carbocycles. The first-order valence-electron chi connectivity index (χ1n) is 7.09. The largest absolute Gasteiger partial charge is 0.389 e. The van der Waals surface area contributed by atoms with E-state index in [1.165, 1.54) is 0 Å². The molecule has 4 nitrogen and oxygen atoms in total. The molecule has 0 amide bonds. The van der Waals surface area contributed by atoms with Gasteiger partial charge in [0.2, 0.25) is 0 Å². The number of aliphatic hydroxyl groups is 1. The van der Waals surface area contributed by atoms with Crippen LogP contribution in [0.15, 0.2) is 24.3 Å². The van der Waals surface area contributed by atoms with Crippen molar-refractivity contribution in [3.05, 3.63) is 24.3 Å². The van der Waals surface area contributed by atoms with E-state index >= 15 is 0 Å². The zero-order valence-electron chi connectivity index (χ0n) is 12.4. The van der Waals surface area contributed by atoms with Gasteiger partial charge in [0.1, 0.15) is 0 Å². The second-order valence-electron chi connectivity index (χ2n) is 6.50. The van der Waals surface area contributed by atoms with Crippen molar-refractivity contribution in [2.24, 2.45) is 17.3 Å². The first-order chi connectivity index (χ1) is 9.18. The fourth-order valence-corrected chi connectivity index (χ4v) is 3.58. The molecule has 0 radical (unpaired) electrons. The second-order valence-corrected chi connectivity index (χ2v) is 8.15. The van der Waals surface area contributed by atoms with Gasteiger partial charge in [-0.15, -0.1) is 0 Å². The highest BCUT2D eigenvalue weighted by Gasteiger charge is 2.52. The summed E-state index contributed by atoms with van der Waals surface area (Å²) in [6, 6.07) is 0. The summed E-state index contributed by atoms with van der Waals surface area (Å²) in [5.41, 5.74) is -1.55. The van der Waals surface area contributed by atoms with Crippen LogP contribution in [0.25, 0.3) is 0 Å². The predicted octanol–water partition coefficient (Wildman–Crippen LogP) is 2.26. The lowest BCUT2D eigenvalue weighted by Crippen LogP contribution is -2.54. The molecule has 0 saturated heterocycles. The van der Waals surface area contributed by atoms with Crippen molar-refractivity contribution in [2.45, 2.75) is 38.7 Å². The lowest BCUT2D eigenvalue weighted by molar-refractivity contribution is -0.101. The molecule has 0 saturated carbocycles. The van der Waals surface area contributed by atoms with Crippen molar-refractivity contribution in [1.82, 2.24) is 0 Å². The van der Waals surface area contributed by atoms with E-state index in [-0.39, 0.29) is 6.61 Å². The maximum Gasteiger partial charge on any atom is 0.264 e. The first-order valence-corrected chi connectivity index (χ1v) is 8.90. The summed E-state index contributed by atoms with van der Waals surface area (Å²) < 4.78 is 27.6. The molecule has 2 aliphatic rings. The van der Waals surface area contributed by atoms with Gasteiger partial charge in [0.05, 0.1) is 18.5 Å². The highest BCUT2D eigenvalue weighted by molar-refractivity contribution is 7.85. The molecule has 0 fully saturated rings. The number of allylic oxidation sites excluding steroid dienone is 2. The van der Waals surface area contributed by atoms with Crippen LogP contribution in [-0.2, 0) is 14.3 Å². The minimum atomic E-state index is -3.50. The van der Waals surface area contributed by atoms with Crippen molar-refractivity contribution in [3.8, 4) is 0 Å². The molecule has 2 rings (SSSR count). The molecule has 0 aromatic heterocycles. The van der Waals surface area contributed by atoms with Crippen LogP contribution in [0.3, 0.4) is 0 Å². The number of fused-ring (bicyclic) bond motifs is 1. The Hall–Kier alpha value is -0.650. The molecule has 3 atom stereocenters. The second kappa shape index (κ2) is 5.28. The van der Waals surface area contributed by atoms with Crippen molar-refractivity contribution in [3.63, 3.8) is 0 Å². The standard InChI is InChI=1S/C15H24O4S/c1-12(2)13-6-9-14(11-19-20(3,17)18)7-4-5-8-15(14,16)10-13/h4-6,9,12-13,16H,7-8,10-11H2,1-3H3/t13-,14-,15+/m0/s1. The van der Waals surface area contributed by atoms with Crippen molar-refractivity contribution in [2.75, 3.05) is 12.9 Å². The van der Waals surface area contributed by atoms with E-state index in [4.69, 9.17) is 4.18 Å². The van der Waals surface area contributed by atoms with Gasteiger partial charge in [-0.05, 0) is 31.1 Å². The summed E-state index contributed by atoms with van der Waals surface area (Å²) in [5, 5.41) is 11.1. The first kappa shape index (κ1) is 15.7. The Labute approximate surface area is 121 Å². The minimum Gasteiger partial charge on any atom is -0.389 e. The van der Waals surface area contributed by atoms with E-state index < -0.39 is 21.1 Å². The normalized spacial score (nSPS) is 37.1. The number of hydrogen-bond acceptors (Lipinski definition) is 4. The summed E-state index contributed by atoms with van der Waals surface area (Å²) in [5.74, 6) is 0.771. The molecule has 114 valence electrons. The Balaban J connectivity index is 2.31. The molecule has 0 aliphatic heterocycles. The van der Waals surface area contributed by atoms with Gasteiger partial charge in [-0.1, -0.05) is 38.2 Å². The minimum absolute atomic E-state index is 0.00793. The van der Waals surface area contributed by atoms with E-state index in [0.29, 0.717) is 31.1 Å². The fraction of sp³-hybridized carbons (Fsp3) is 0.733. The van der Waals surface area contributed by atoms with E-state index in [2.05, 4.69) is 19.9 Å². The summed E-state index contributed by atoms with van der Waals surface area (Å²) in [7, 11) is -3.50. The maximum absolute atomic E-state index is 11.3. The quantitative estimate of drug-likeness (QED) is 0.639. The Morgan fingerprint density at radius 2 is 2.00 bits per heavy atom. The van der Waals surface area contributed by atoms with Gasteiger partial charge >= 0.3 is 0 Å². The van der Waals surface area contributed by atoms with E-state index in [1.54, 1.807) is 0 Å². The van der Waals surface area contributed by atoms with Crippen LogP contribution < -0.4 is 0 Å². The van der Waals surface area contributed by atoms with E-state index in [9.17, 15) is 13.5 Å². The monoisotopic (exact) mass is 300 g/mol. The molecule has 0 spiro atoms. The molecular weight excluding hydrogens is 276 g/mol. The van der Waals surface area contributed by atoms with Gasteiger partial charge < -0.3 is 5.11 Å². The highest BCUT2D eigenvalue weighted by atomic mass is 32.2. The smallest absolute Gasteiger partial charge is 0.264 e. The third kappa shape index (κ3) is 3.00. The molecular formula is C15H24O4S. The average Bonchev–Trinajstić information content (AvgIpc) is 2.34. The van der Waals surface area contributed by atoms with Gasteiger partial charge in [-0.25, -0.2) is 0 Å². The summed E-state index contributed by atoms with van der Waals surface area (Å²) in [6.07, 6.45) is 10.9. The molecule has 0 aromatic rings. The number of rotatable bonds is 4. The summed E-state index contributed by atoms with van der Waals surface area (Å²) in [6.45, 7) is 4.28. The molecule has 0 heterocycles. The van der Waals surface area contributed by atoms with Crippen LogP contribution >= 0.6 is 0 Å². The SMILES string of the molecule is CC(C)[C@H]1C=C[C@]2(COS(C)(=O)=O)CC=CC[C@@]2(O)C1. The van der Waals surface area contributed by atoms with Crippen LogP contribution in [-0.4, -0.2) is 32.0 Å². The molecule has 20 heavy (non-hydrogen) atoms. The fourth-order valence-electron chi connectivity index (χ4n) is 3.15. The van der Waals surface area contributed by atoms with Crippen molar-refractivity contribution < 1.29 is 17.7 Å². The molecule has 2 aliphatic carbocycles. The lowest BCUT2D eigenvalue weighted by atomic mass is 9.58. The molecule has 1 N–H and O–H groups in total. The molecule has 0 bridgehead atoms. The van der Waals surface area contributed by atoms with Gasteiger partial charge in [0, 0.05) is 5.41 Å². The third-order valence-electron chi connectivity index (χ3n) is 4.65. The summed E-state index contributed by atoms with van der Waals surface area (Å²) in [4.78, 5) is 0. The van der Waals surface area contributed by atoms with Crippen LogP contribution in [0.2, 0.25) is 0 Å². The Bertz CT molecular complexity index is 520. The average molecular weight is 300 g/mol. The van der Waals surface area contributed by atoms with Crippen LogP contribution in [0.5, 0.6) is 0 Å². The topological polar surface area (TPSA) is 63.6 Å². The van der Waals surface area contributed by atoms with Gasteiger partial charge in [-0.3, -0.25) is 4.18 Å². The highest BCUT2D eigenvalue weighted by Crippen LogP contribution is 2.50. The third-order valence-corrected chi connectivity index (χ3v) is 5.20. The van der Waals surface area contributed by atoms with Crippen LogP contribution in [0.1, 0.15) is 33.1 Å². The predicted molar refractivity (Wildman–Crippen MR) is 78.6 cm³/mol. The molecule has 5 heteroatoms. The maximum atomic E-state index is 11.3. The van der Waals surface area contributed by atoms with E-state index in [0.717, 1.165) is 6.26 Å². The lowest BCUT2D eigenvalue weighted by Gasteiger charge is -2.51. The van der Waals surface area contributed by atoms with Crippen LogP contribution in [0.4, 0.5) is 0 Å². The number of hydrogen-bond donors (Lipinski definition) is 1. The summed E-state index contributed by atoms with van der Waals surface area (Å²) >= 11 is 0. The van der Waals surface area contributed by atoms with Gasteiger partial charge in [0.25, 0.3) is 10.1 Å². The molecule has 0 unspecified atom stereocenters. The Kier molecular flexibility index (Phi) is 4.15. The van der Waals surface area contributed by atoms with Crippen LogP contribution in [0, 0.1) is 17.3 Å². The van der Waals surface area contributed by atoms with E-state index in [1.807, 2.05) is 18.2 Å². The van der Waals surface area contributed by atoms with Gasteiger partial charge in [-0.2, -0.15) is 8.42 Å². The van der Waals surface area contributed by atoms with Crippen molar-refractivity contribution in [1.29, 1.82) is 0 Å². The van der Waals surface area contributed by atoms with Gasteiger partial charge in [0.15, 0.2) is 0 Å².